The maximum absolute atomic E-state index is 4.48. The molecule has 0 aliphatic heterocycles. The van der Waals surface area contributed by atoms with E-state index in [1.54, 1.807) is 7.05 Å². The van der Waals surface area contributed by atoms with Crippen molar-refractivity contribution in [1.82, 2.24) is 35.1 Å². The zero-order valence-corrected chi connectivity index (χ0v) is 12.5. The Morgan fingerprint density at radius 1 is 1.33 bits per heavy atom. The molecule has 0 bridgehead atoms. The first-order valence-electron chi connectivity index (χ1n) is 7.02. The van der Waals surface area contributed by atoms with Gasteiger partial charge in [0, 0.05) is 30.4 Å². The number of hydrogen-bond donors (Lipinski definition) is 1. The van der Waals surface area contributed by atoms with E-state index in [-0.39, 0.29) is 0 Å². The minimum atomic E-state index is 0.446. The molecule has 21 heavy (non-hydrogen) atoms. The van der Waals surface area contributed by atoms with Crippen LogP contribution in [0.2, 0.25) is 0 Å². The molecule has 0 aromatic carbocycles. The second kappa shape index (κ2) is 5.61. The van der Waals surface area contributed by atoms with Crippen molar-refractivity contribution >= 4 is 11.0 Å². The third-order valence-electron chi connectivity index (χ3n) is 3.28. The lowest BCUT2D eigenvalue weighted by Gasteiger charge is -2.06. The molecule has 3 aromatic rings. The molecule has 0 aliphatic rings. The van der Waals surface area contributed by atoms with Gasteiger partial charge in [0.1, 0.15) is 5.65 Å². The Bertz CT molecular complexity index is 741. The van der Waals surface area contributed by atoms with E-state index < -0.39 is 0 Å². The van der Waals surface area contributed by atoms with Crippen LogP contribution in [0.4, 0.5) is 0 Å². The zero-order chi connectivity index (χ0) is 14.8. The molecule has 0 amide bonds. The molecular weight excluding hydrogens is 266 g/mol. The molecule has 0 fully saturated rings. The predicted molar refractivity (Wildman–Crippen MR) is 79.6 cm³/mol. The molecule has 3 rings (SSSR count). The maximum Gasteiger partial charge on any atom is 0.194 e. The molecular formula is C14H19N7. The van der Waals surface area contributed by atoms with Crippen molar-refractivity contribution in [3.63, 3.8) is 0 Å². The summed E-state index contributed by atoms with van der Waals surface area (Å²) in [6, 6.07) is 4.51. The fourth-order valence-corrected chi connectivity index (χ4v) is 2.31. The van der Waals surface area contributed by atoms with Gasteiger partial charge in [-0.15, -0.1) is 10.2 Å². The number of tetrazole rings is 1. The third kappa shape index (κ3) is 2.92. The van der Waals surface area contributed by atoms with Crippen LogP contribution in [0.1, 0.15) is 25.2 Å². The Morgan fingerprint density at radius 2 is 2.19 bits per heavy atom. The molecule has 0 saturated heterocycles. The Morgan fingerprint density at radius 3 is 2.90 bits per heavy atom. The molecule has 0 unspecified atom stereocenters. The van der Waals surface area contributed by atoms with Crippen molar-refractivity contribution < 1.29 is 0 Å². The summed E-state index contributed by atoms with van der Waals surface area (Å²) in [6.07, 6.45) is 3.92. The zero-order valence-electron chi connectivity index (χ0n) is 12.5. The van der Waals surface area contributed by atoms with Gasteiger partial charge < -0.3 is 9.88 Å². The average molecular weight is 285 g/mol. The number of aromatic nitrogens is 6. The molecule has 3 heterocycles. The van der Waals surface area contributed by atoms with Crippen LogP contribution in [-0.2, 0) is 20.1 Å². The highest BCUT2D eigenvalue weighted by molar-refractivity contribution is 5.80. The van der Waals surface area contributed by atoms with E-state index in [0.29, 0.717) is 18.4 Å². The lowest BCUT2D eigenvalue weighted by molar-refractivity contribution is 0.589. The molecule has 0 atom stereocenters. The van der Waals surface area contributed by atoms with Gasteiger partial charge in [0.05, 0.1) is 13.6 Å². The van der Waals surface area contributed by atoms with Crippen LogP contribution in [0.15, 0.2) is 24.5 Å². The van der Waals surface area contributed by atoms with E-state index in [1.807, 2.05) is 12.3 Å². The van der Waals surface area contributed by atoms with E-state index in [1.165, 1.54) is 10.4 Å². The minimum absolute atomic E-state index is 0.446. The fraction of sp³-hybridized carbons (Fsp3) is 0.429. The molecule has 0 spiro atoms. The molecule has 3 aromatic heterocycles. The number of pyridine rings is 1. The third-order valence-corrected chi connectivity index (χ3v) is 3.28. The number of hydrogen-bond acceptors (Lipinski definition) is 5. The van der Waals surface area contributed by atoms with Crippen molar-refractivity contribution in [3.8, 4) is 0 Å². The quantitative estimate of drug-likeness (QED) is 0.760. The van der Waals surface area contributed by atoms with Crippen LogP contribution in [0.25, 0.3) is 11.0 Å². The van der Waals surface area contributed by atoms with Gasteiger partial charge in [0.25, 0.3) is 0 Å². The Hall–Kier alpha value is -2.28. The second-order valence-corrected chi connectivity index (χ2v) is 5.39. The van der Waals surface area contributed by atoms with Crippen LogP contribution in [0.5, 0.6) is 0 Å². The van der Waals surface area contributed by atoms with Gasteiger partial charge in [-0.1, -0.05) is 13.8 Å². The molecule has 7 nitrogen and oxygen atoms in total. The summed E-state index contributed by atoms with van der Waals surface area (Å²) >= 11 is 0. The largest absolute Gasteiger partial charge is 0.324 e. The maximum atomic E-state index is 4.48. The number of aryl methyl sites for hydroxylation is 1. The predicted octanol–water partition coefficient (Wildman–Crippen LogP) is 1.11. The molecule has 0 radical (unpaired) electrons. The summed E-state index contributed by atoms with van der Waals surface area (Å²) in [6.45, 7) is 5.67. The van der Waals surface area contributed by atoms with Gasteiger partial charge >= 0.3 is 0 Å². The molecule has 1 N–H and O–H groups in total. The van der Waals surface area contributed by atoms with Crippen LogP contribution in [-0.4, -0.2) is 35.8 Å². The normalized spacial score (nSPS) is 11.6. The summed E-state index contributed by atoms with van der Waals surface area (Å²) < 4.78 is 2.07. The monoisotopic (exact) mass is 285 g/mol. The first kappa shape index (κ1) is 13.7. The number of rotatable bonds is 5. The van der Waals surface area contributed by atoms with E-state index in [0.717, 1.165) is 17.6 Å². The van der Waals surface area contributed by atoms with Gasteiger partial charge in [-0.25, -0.2) is 4.98 Å². The highest BCUT2D eigenvalue weighted by Crippen LogP contribution is 2.20. The lowest BCUT2D eigenvalue weighted by atomic mass is 10.2. The standard InChI is InChI=1S/C14H19N7/c1-10(2)16-7-11-8-21(9-13-17-19-20(3)18-13)14-12(11)5-4-6-15-14/h4-6,8,10,16H,7,9H2,1-3H3. The summed E-state index contributed by atoms with van der Waals surface area (Å²) in [5.41, 5.74) is 2.18. The highest BCUT2D eigenvalue weighted by atomic mass is 15.6. The molecule has 7 heteroatoms. The molecule has 0 aliphatic carbocycles. The summed E-state index contributed by atoms with van der Waals surface area (Å²) in [4.78, 5) is 5.95. The first-order chi connectivity index (χ1) is 10.1. The smallest absolute Gasteiger partial charge is 0.194 e. The van der Waals surface area contributed by atoms with Gasteiger partial charge in [-0.2, -0.15) is 4.80 Å². The summed E-state index contributed by atoms with van der Waals surface area (Å²) in [5.74, 6) is 0.684. The summed E-state index contributed by atoms with van der Waals surface area (Å²) in [5, 5.41) is 16.7. The van der Waals surface area contributed by atoms with Crippen molar-refractivity contribution in [2.45, 2.75) is 33.0 Å². The van der Waals surface area contributed by atoms with E-state index in [4.69, 9.17) is 0 Å². The van der Waals surface area contributed by atoms with Gasteiger partial charge in [-0.3, -0.25) is 0 Å². The molecule has 110 valence electrons. The first-order valence-corrected chi connectivity index (χ1v) is 7.02. The number of nitrogens with zero attached hydrogens (tertiary/aromatic N) is 6. The van der Waals surface area contributed by atoms with Crippen LogP contribution >= 0.6 is 0 Å². The lowest BCUT2D eigenvalue weighted by Crippen LogP contribution is -2.21. The Labute approximate surface area is 123 Å². The molecule has 0 saturated carbocycles. The van der Waals surface area contributed by atoms with Gasteiger partial charge in [-0.05, 0) is 22.9 Å². The topological polar surface area (TPSA) is 73.5 Å². The second-order valence-electron chi connectivity index (χ2n) is 5.39. The van der Waals surface area contributed by atoms with E-state index in [9.17, 15) is 0 Å². The average Bonchev–Trinajstić information content (AvgIpc) is 3.02. The van der Waals surface area contributed by atoms with Crippen molar-refractivity contribution in [2.24, 2.45) is 7.05 Å². The highest BCUT2D eigenvalue weighted by Gasteiger charge is 2.11. The van der Waals surface area contributed by atoms with Crippen LogP contribution in [0.3, 0.4) is 0 Å². The van der Waals surface area contributed by atoms with Crippen molar-refractivity contribution in [3.05, 3.63) is 35.9 Å². The van der Waals surface area contributed by atoms with Crippen LogP contribution < -0.4 is 5.32 Å². The fourth-order valence-electron chi connectivity index (χ4n) is 2.31. The van der Waals surface area contributed by atoms with Crippen molar-refractivity contribution in [1.29, 1.82) is 0 Å². The van der Waals surface area contributed by atoms with Gasteiger partial charge in [0.15, 0.2) is 5.82 Å². The minimum Gasteiger partial charge on any atom is -0.324 e. The number of fused-ring (bicyclic) bond motifs is 1. The SMILES string of the molecule is CC(C)NCc1cn(Cc2nnn(C)n2)c2ncccc12. The number of nitrogens with one attached hydrogen (secondary N) is 1. The Balaban J connectivity index is 1.94. The summed E-state index contributed by atoms with van der Waals surface area (Å²) in [7, 11) is 1.76. The van der Waals surface area contributed by atoms with E-state index >= 15 is 0 Å². The Kier molecular flexibility index (Phi) is 3.66. The van der Waals surface area contributed by atoms with E-state index in [2.05, 4.69) is 56.4 Å². The van der Waals surface area contributed by atoms with Crippen molar-refractivity contribution in [2.75, 3.05) is 0 Å². The van der Waals surface area contributed by atoms with Crippen LogP contribution in [0, 0.1) is 0 Å². The van der Waals surface area contributed by atoms with Gasteiger partial charge in [0.2, 0.25) is 0 Å².